The number of amides is 1. The predicted molar refractivity (Wildman–Crippen MR) is 88.7 cm³/mol. The lowest BCUT2D eigenvalue weighted by Crippen LogP contribution is -2.38. The monoisotopic (exact) mass is 294 g/mol. The van der Waals surface area contributed by atoms with Crippen LogP contribution >= 0.6 is 0 Å². The Morgan fingerprint density at radius 2 is 1.77 bits per heavy atom. The summed E-state index contributed by atoms with van der Waals surface area (Å²) in [6, 6.07) is 13.9. The molecule has 0 bridgehead atoms. The van der Waals surface area contributed by atoms with Crippen LogP contribution in [0.25, 0.3) is 11.3 Å². The highest BCUT2D eigenvalue weighted by Gasteiger charge is 2.23. The van der Waals surface area contributed by atoms with Crippen LogP contribution < -0.4 is 0 Å². The molecule has 1 saturated heterocycles. The van der Waals surface area contributed by atoms with Crippen molar-refractivity contribution < 1.29 is 4.79 Å². The molecule has 1 aromatic carbocycles. The molecule has 0 N–H and O–H groups in total. The average molecular weight is 294 g/mol. The predicted octanol–water partition coefficient (Wildman–Crippen LogP) is 3.93. The van der Waals surface area contributed by atoms with Crippen molar-refractivity contribution in [1.82, 2.24) is 9.88 Å². The second kappa shape index (κ2) is 6.30. The lowest BCUT2D eigenvalue weighted by atomic mass is 9.98. The Balaban J connectivity index is 1.82. The Labute approximate surface area is 132 Å². The van der Waals surface area contributed by atoms with Crippen LogP contribution in [0.15, 0.2) is 42.5 Å². The molecule has 0 aliphatic carbocycles. The molecule has 0 unspecified atom stereocenters. The van der Waals surface area contributed by atoms with Gasteiger partial charge in [0, 0.05) is 18.7 Å². The summed E-state index contributed by atoms with van der Waals surface area (Å²) in [6.07, 6.45) is 2.20. The number of carbonyl (C=O) groups excluding carboxylic acids is 1. The van der Waals surface area contributed by atoms with Gasteiger partial charge in [0.15, 0.2) is 0 Å². The minimum atomic E-state index is 0.122. The first-order valence-electron chi connectivity index (χ1n) is 7.97. The van der Waals surface area contributed by atoms with E-state index in [4.69, 9.17) is 0 Å². The first kappa shape index (κ1) is 14.8. The number of nitrogens with zero attached hydrogens (tertiary/aromatic N) is 2. The van der Waals surface area contributed by atoms with Gasteiger partial charge >= 0.3 is 0 Å². The lowest BCUT2D eigenvalue weighted by molar-refractivity contribution is 0.0696. The largest absolute Gasteiger partial charge is 0.339 e. The second-order valence-corrected chi connectivity index (χ2v) is 6.17. The molecule has 3 heteroatoms. The summed E-state index contributed by atoms with van der Waals surface area (Å²) in [7, 11) is 0. The lowest BCUT2D eigenvalue weighted by Gasteiger charge is -2.30. The fourth-order valence-corrected chi connectivity index (χ4v) is 2.94. The van der Waals surface area contributed by atoms with Crippen molar-refractivity contribution in [2.24, 2.45) is 5.92 Å². The van der Waals surface area contributed by atoms with E-state index in [2.05, 4.69) is 11.9 Å². The number of aryl methyl sites for hydroxylation is 1. The average Bonchev–Trinajstić information content (AvgIpc) is 2.56. The molecular formula is C19H22N2O. The van der Waals surface area contributed by atoms with Crippen molar-refractivity contribution in [3.8, 4) is 11.3 Å². The molecule has 1 aliphatic heterocycles. The maximum Gasteiger partial charge on any atom is 0.255 e. The van der Waals surface area contributed by atoms with Gasteiger partial charge in [-0.25, -0.2) is 0 Å². The van der Waals surface area contributed by atoms with Crippen LogP contribution in [0.3, 0.4) is 0 Å². The van der Waals surface area contributed by atoms with Crippen LogP contribution in [0.1, 0.15) is 35.8 Å². The highest BCUT2D eigenvalue weighted by atomic mass is 16.2. The molecule has 1 fully saturated rings. The SMILES string of the molecule is Cc1nc(-c2ccccc2)ccc1C(=O)N1CCC(C)CC1. The van der Waals surface area contributed by atoms with Crippen molar-refractivity contribution >= 4 is 5.91 Å². The highest BCUT2D eigenvalue weighted by molar-refractivity contribution is 5.95. The topological polar surface area (TPSA) is 33.2 Å². The normalized spacial score (nSPS) is 15.8. The standard InChI is InChI=1S/C19H22N2O/c1-14-10-12-21(13-11-14)19(22)17-8-9-18(20-15(17)2)16-6-4-3-5-7-16/h3-9,14H,10-13H2,1-2H3. The van der Waals surface area contributed by atoms with Gasteiger partial charge in [-0.1, -0.05) is 37.3 Å². The van der Waals surface area contributed by atoms with Gasteiger partial charge in [0.2, 0.25) is 0 Å². The van der Waals surface area contributed by atoms with Crippen LogP contribution in [-0.4, -0.2) is 28.9 Å². The molecule has 0 atom stereocenters. The maximum absolute atomic E-state index is 12.7. The number of pyridine rings is 1. The van der Waals surface area contributed by atoms with E-state index < -0.39 is 0 Å². The van der Waals surface area contributed by atoms with Gasteiger partial charge in [0.1, 0.15) is 0 Å². The summed E-state index contributed by atoms with van der Waals surface area (Å²) >= 11 is 0. The van der Waals surface area contributed by atoms with Gasteiger partial charge in [-0.05, 0) is 37.8 Å². The fraction of sp³-hybridized carbons (Fsp3) is 0.368. The molecule has 114 valence electrons. The van der Waals surface area contributed by atoms with Crippen LogP contribution in [0.2, 0.25) is 0 Å². The number of hydrogen-bond acceptors (Lipinski definition) is 2. The summed E-state index contributed by atoms with van der Waals surface area (Å²) in [5, 5.41) is 0. The van der Waals surface area contributed by atoms with E-state index in [1.165, 1.54) is 0 Å². The molecule has 1 aliphatic rings. The minimum absolute atomic E-state index is 0.122. The van der Waals surface area contributed by atoms with E-state index in [9.17, 15) is 4.79 Å². The van der Waals surface area contributed by atoms with Crippen LogP contribution in [0.4, 0.5) is 0 Å². The highest BCUT2D eigenvalue weighted by Crippen LogP contribution is 2.22. The molecule has 1 aromatic heterocycles. The number of benzene rings is 1. The fourth-order valence-electron chi connectivity index (χ4n) is 2.94. The summed E-state index contributed by atoms with van der Waals surface area (Å²) in [4.78, 5) is 19.3. The first-order chi connectivity index (χ1) is 10.6. The Kier molecular flexibility index (Phi) is 4.23. The molecule has 3 nitrogen and oxygen atoms in total. The summed E-state index contributed by atoms with van der Waals surface area (Å²) < 4.78 is 0. The molecule has 0 saturated carbocycles. The van der Waals surface area contributed by atoms with Gasteiger partial charge < -0.3 is 4.90 Å². The van der Waals surface area contributed by atoms with E-state index in [-0.39, 0.29) is 5.91 Å². The van der Waals surface area contributed by atoms with Gasteiger partial charge in [0.25, 0.3) is 5.91 Å². The van der Waals surface area contributed by atoms with Crippen LogP contribution in [0.5, 0.6) is 0 Å². The number of rotatable bonds is 2. The van der Waals surface area contributed by atoms with E-state index in [1.54, 1.807) is 0 Å². The minimum Gasteiger partial charge on any atom is -0.339 e. The molecule has 3 rings (SSSR count). The number of likely N-dealkylation sites (tertiary alicyclic amines) is 1. The number of hydrogen-bond donors (Lipinski definition) is 0. The van der Waals surface area contributed by atoms with E-state index >= 15 is 0 Å². The zero-order valence-corrected chi connectivity index (χ0v) is 13.2. The number of piperidine rings is 1. The van der Waals surface area contributed by atoms with Crippen molar-refractivity contribution in [2.75, 3.05) is 13.1 Å². The van der Waals surface area contributed by atoms with E-state index in [0.717, 1.165) is 54.4 Å². The Bertz CT molecular complexity index is 658. The zero-order valence-electron chi connectivity index (χ0n) is 13.2. The molecule has 2 aromatic rings. The summed E-state index contributed by atoms with van der Waals surface area (Å²) in [6.45, 7) is 5.90. The van der Waals surface area contributed by atoms with Gasteiger partial charge in [-0.15, -0.1) is 0 Å². The van der Waals surface area contributed by atoms with Crippen LogP contribution in [-0.2, 0) is 0 Å². The molecule has 0 radical (unpaired) electrons. The number of aromatic nitrogens is 1. The first-order valence-corrected chi connectivity index (χ1v) is 7.97. The van der Waals surface area contributed by atoms with Crippen LogP contribution in [0, 0.1) is 12.8 Å². The van der Waals surface area contributed by atoms with Gasteiger partial charge in [-0.2, -0.15) is 0 Å². The third-order valence-corrected chi connectivity index (χ3v) is 4.46. The smallest absolute Gasteiger partial charge is 0.255 e. The molecular weight excluding hydrogens is 272 g/mol. The van der Waals surface area contributed by atoms with Gasteiger partial charge in [-0.3, -0.25) is 9.78 Å². The van der Waals surface area contributed by atoms with Crippen molar-refractivity contribution in [3.63, 3.8) is 0 Å². The second-order valence-electron chi connectivity index (χ2n) is 6.17. The van der Waals surface area contributed by atoms with Crippen molar-refractivity contribution in [1.29, 1.82) is 0 Å². The summed E-state index contributed by atoms with van der Waals surface area (Å²) in [5.41, 5.74) is 3.54. The van der Waals surface area contributed by atoms with Crippen molar-refractivity contribution in [3.05, 3.63) is 53.7 Å². The third kappa shape index (κ3) is 3.03. The summed E-state index contributed by atoms with van der Waals surface area (Å²) in [5.74, 6) is 0.847. The molecule has 0 spiro atoms. The number of carbonyl (C=O) groups is 1. The Morgan fingerprint density at radius 3 is 2.41 bits per heavy atom. The Hall–Kier alpha value is -2.16. The molecule has 22 heavy (non-hydrogen) atoms. The quantitative estimate of drug-likeness (QED) is 0.841. The molecule has 1 amide bonds. The third-order valence-electron chi connectivity index (χ3n) is 4.46. The zero-order chi connectivity index (χ0) is 15.5. The maximum atomic E-state index is 12.7. The van der Waals surface area contributed by atoms with Gasteiger partial charge in [0.05, 0.1) is 17.0 Å². The van der Waals surface area contributed by atoms with E-state index in [0.29, 0.717) is 0 Å². The Morgan fingerprint density at radius 1 is 1.09 bits per heavy atom. The van der Waals surface area contributed by atoms with Crippen molar-refractivity contribution in [2.45, 2.75) is 26.7 Å². The molecule has 2 heterocycles. The van der Waals surface area contributed by atoms with E-state index in [1.807, 2.05) is 54.3 Å².